The Hall–Kier alpha value is -2.08. The van der Waals surface area contributed by atoms with Gasteiger partial charge in [0.1, 0.15) is 5.75 Å². The number of anilines is 2. The number of nitrogens with zero attached hydrogens (tertiary/aromatic N) is 1. The molecule has 0 aliphatic carbocycles. The van der Waals surface area contributed by atoms with E-state index in [1.165, 1.54) is 11.3 Å². The Morgan fingerprint density at radius 3 is 2.67 bits per heavy atom. The highest BCUT2D eigenvalue weighted by Crippen LogP contribution is 2.27. The van der Waals surface area contributed by atoms with E-state index < -0.39 is 11.9 Å². The second-order valence-corrected chi connectivity index (χ2v) is 5.30. The lowest BCUT2D eigenvalue weighted by Gasteiger charge is -2.12. The topological polar surface area (TPSA) is 74.3 Å². The van der Waals surface area contributed by atoms with Gasteiger partial charge in [0.05, 0.1) is 18.3 Å². The van der Waals surface area contributed by atoms with Crippen LogP contribution in [0, 0.1) is 0 Å². The number of aromatic nitrogens is 1. The smallest absolute Gasteiger partial charge is 0.187 e. The van der Waals surface area contributed by atoms with E-state index in [-0.39, 0.29) is 0 Å². The molecule has 5 nitrogen and oxygen atoms in total. The van der Waals surface area contributed by atoms with Gasteiger partial charge in [-0.15, -0.1) is 11.3 Å². The second-order valence-electron chi connectivity index (χ2n) is 4.44. The van der Waals surface area contributed by atoms with Crippen LogP contribution in [0.15, 0.2) is 29.6 Å². The van der Waals surface area contributed by atoms with Gasteiger partial charge in [0.15, 0.2) is 5.13 Å². The van der Waals surface area contributed by atoms with Gasteiger partial charge in [0.25, 0.3) is 0 Å². The number of hydrogen-bond acceptors (Lipinski definition) is 6. The van der Waals surface area contributed by atoms with Gasteiger partial charge < -0.3 is 20.0 Å². The van der Waals surface area contributed by atoms with E-state index >= 15 is 0 Å². The van der Waals surface area contributed by atoms with E-state index in [2.05, 4.69) is 10.3 Å². The zero-order valence-corrected chi connectivity index (χ0v) is 12.8. The van der Waals surface area contributed by atoms with Crippen LogP contribution in [-0.4, -0.2) is 17.6 Å². The minimum atomic E-state index is -1.09. The van der Waals surface area contributed by atoms with Crippen LogP contribution in [-0.2, 0) is 4.79 Å². The number of carbonyl (C=O) groups excluding carboxylic acids is 1. The molecule has 2 rings (SSSR count). The molecule has 1 heterocycles. The highest BCUT2D eigenvalue weighted by Gasteiger charge is 2.14. The maximum Gasteiger partial charge on any atom is 0.187 e. The third-order valence-electron chi connectivity index (χ3n) is 2.99. The molecule has 0 saturated carbocycles. The number of carboxylic acid groups (broad SMARTS) is 1. The summed E-state index contributed by atoms with van der Waals surface area (Å²) in [6, 6.07) is 7.52. The van der Waals surface area contributed by atoms with E-state index in [1.54, 1.807) is 12.3 Å². The molecule has 1 aromatic carbocycles. The van der Waals surface area contributed by atoms with Crippen LogP contribution in [0.25, 0.3) is 0 Å². The largest absolute Gasteiger partial charge is 0.549 e. The maximum atomic E-state index is 11.0. The van der Waals surface area contributed by atoms with Gasteiger partial charge >= 0.3 is 0 Å². The number of carbonyl (C=O) groups is 1. The van der Waals surface area contributed by atoms with Crippen molar-refractivity contribution in [2.45, 2.75) is 26.2 Å². The average molecular weight is 305 g/mol. The first-order valence-electron chi connectivity index (χ1n) is 6.80. The molecule has 1 unspecified atom stereocenters. The van der Waals surface area contributed by atoms with Crippen LogP contribution < -0.4 is 15.2 Å². The lowest BCUT2D eigenvalue weighted by atomic mass is 10.0. The van der Waals surface area contributed by atoms with E-state index in [9.17, 15) is 9.90 Å². The third-order valence-corrected chi connectivity index (χ3v) is 3.76. The molecule has 0 aliphatic rings. The number of hydrogen-bond donors (Lipinski definition) is 1. The van der Waals surface area contributed by atoms with Crippen molar-refractivity contribution in [1.29, 1.82) is 0 Å². The van der Waals surface area contributed by atoms with E-state index in [0.717, 1.165) is 11.4 Å². The van der Waals surface area contributed by atoms with Crippen molar-refractivity contribution >= 4 is 28.1 Å². The molecular formula is C15H17N2O3S-. The van der Waals surface area contributed by atoms with E-state index in [4.69, 9.17) is 4.74 Å². The predicted molar refractivity (Wildman–Crippen MR) is 81.0 cm³/mol. The molecule has 21 heavy (non-hydrogen) atoms. The lowest BCUT2D eigenvalue weighted by molar-refractivity contribution is -0.308. The number of nitrogens with one attached hydrogen (secondary N) is 1. The number of aliphatic carboxylic acids is 1. The predicted octanol–water partition coefficient (Wildman–Crippen LogP) is 2.53. The summed E-state index contributed by atoms with van der Waals surface area (Å²) < 4.78 is 5.37. The fraction of sp³-hybridized carbons (Fsp3) is 0.333. The summed E-state index contributed by atoms with van der Waals surface area (Å²) in [6.45, 7) is 4.37. The van der Waals surface area contributed by atoms with Crippen LogP contribution >= 0.6 is 11.3 Å². The highest BCUT2D eigenvalue weighted by molar-refractivity contribution is 7.13. The molecule has 2 aromatic rings. The normalized spacial score (nSPS) is 11.9. The SMILES string of the molecule is CCOc1ccc(Nc2nc(C(CC)C(=O)[O-])cs2)cc1. The number of ether oxygens (including phenoxy) is 1. The van der Waals surface area contributed by atoms with Crippen molar-refractivity contribution < 1.29 is 14.6 Å². The Labute approximate surface area is 127 Å². The molecule has 1 N–H and O–H groups in total. The van der Waals surface area contributed by atoms with E-state index in [1.807, 2.05) is 31.2 Å². The van der Waals surface area contributed by atoms with Crippen LogP contribution in [0.5, 0.6) is 5.75 Å². The van der Waals surface area contributed by atoms with Crippen LogP contribution in [0.1, 0.15) is 31.9 Å². The molecule has 1 aromatic heterocycles. The maximum absolute atomic E-state index is 11.0. The zero-order chi connectivity index (χ0) is 15.2. The lowest BCUT2D eigenvalue weighted by Crippen LogP contribution is -2.29. The first-order chi connectivity index (χ1) is 10.1. The van der Waals surface area contributed by atoms with Gasteiger partial charge in [-0.2, -0.15) is 0 Å². The molecule has 0 fully saturated rings. The molecule has 0 spiro atoms. The van der Waals surface area contributed by atoms with Crippen LogP contribution in [0.4, 0.5) is 10.8 Å². The molecule has 1 atom stereocenters. The van der Waals surface area contributed by atoms with Crippen molar-refractivity contribution in [3.05, 3.63) is 35.3 Å². The summed E-state index contributed by atoms with van der Waals surface area (Å²) in [5.74, 6) is -0.932. The fourth-order valence-corrected chi connectivity index (χ4v) is 2.71. The first kappa shape index (κ1) is 15.3. The second kappa shape index (κ2) is 7.08. The average Bonchev–Trinajstić information content (AvgIpc) is 2.90. The monoisotopic (exact) mass is 305 g/mol. The van der Waals surface area contributed by atoms with Gasteiger partial charge in [0.2, 0.25) is 0 Å². The minimum Gasteiger partial charge on any atom is -0.549 e. The summed E-state index contributed by atoms with van der Waals surface area (Å²) in [7, 11) is 0. The minimum absolute atomic E-state index is 0.467. The zero-order valence-electron chi connectivity index (χ0n) is 12.0. The van der Waals surface area contributed by atoms with Crippen LogP contribution in [0.3, 0.4) is 0 Å². The van der Waals surface area contributed by atoms with E-state index in [0.29, 0.717) is 23.9 Å². The van der Waals surface area contributed by atoms with Crippen molar-refractivity contribution in [1.82, 2.24) is 4.98 Å². The fourth-order valence-electron chi connectivity index (χ4n) is 1.92. The Balaban J connectivity index is 2.06. The van der Waals surface area contributed by atoms with Gasteiger partial charge in [-0.1, -0.05) is 6.92 Å². The van der Waals surface area contributed by atoms with Crippen molar-refractivity contribution in [3.8, 4) is 5.75 Å². The molecule has 0 saturated heterocycles. The summed E-state index contributed by atoms with van der Waals surface area (Å²) in [5.41, 5.74) is 1.41. The summed E-state index contributed by atoms with van der Waals surface area (Å²) in [4.78, 5) is 15.3. The Morgan fingerprint density at radius 2 is 2.10 bits per heavy atom. The number of benzene rings is 1. The van der Waals surface area contributed by atoms with Crippen molar-refractivity contribution in [3.63, 3.8) is 0 Å². The van der Waals surface area contributed by atoms with Crippen molar-refractivity contribution in [2.75, 3.05) is 11.9 Å². The quantitative estimate of drug-likeness (QED) is 0.851. The summed E-state index contributed by atoms with van der Waals surface area (Å²) >= 11 is 1.38. The van der Waals surface area contributed by atoms with Crippen LogP contribution in [0.2, 0.25) is 0 Å². The Bertz CT molecular complexity index is 595. The third kappa shape index (κ3) is 3.95. The van der Waals surface area contributed by atoms with Crippen molar-refractivity contribution in [2.24, 2.45) is 0 Å². The molecular weight excluding hydrogens is 288 g/mol. The first-order valence-corrected chi connectivity index (χ1v) is 7.68. The molecule has 0 radical (unpaired) electrons. The Kier molecular flexibility index (Phi) is 5.16. The summed E-state index contributed by atoms with van der Waals surface area (Å²) in [5, 5.41) is 16.6. The summed E-state index contributed by atoms with van der Waals surface area (Å²) in [6.07, 6.45) is 0.467. The molecule has 112 valence electrons. The Morgan fingerprint density at radius 1 is 1.38 bits per heavy atom. The van der Waals surface area contributed by atoms with Gasteiger partial charge in [-0.3, -0.25) is 0 Å². The van der Waals surface area contributed by atoms with Gasteiger partial charge in [-0.05, 0) is 37.6 Å². The standard InChI is InChI=1S/C15H18N2O3S/c1-3-12(14(18)19)13-9-21-15(17-13)16-10-5-7-11(8-6-10)20-4-2/h5-9,12H,3-4H2,1-2H3,(H,16,17)(H,18,19)/p-1. The number of thiazole rings is 1. The molecule has 0 bridgehead atoms. The van der Waals surface area contributed by atoms with Gasteiger partial charge in [0, 0.05) is 17.0 Å². The van der Waals surface area contributed by atoms with Gasteiger partial charge in [-0.25, -0.2) is 4.98 Å². The number of carboxylic acids is 1. The molecule has 0 amide bonds. The molecule has 0 aliphatic heterocycles. The highest BCUT2D eigenvalue weighted by atomic mass is 32.1. The number of rotatable bonds is 7. The molecule has 6 heteroatoms.